The van der Waals surface area contributed by atoms with E-state index in [9.17, 15) is 4.79 Å². The van der Waals surface area contributed by atoms with E-state index in [1.807, 2.05) is 19.1 Å². The Hall–Kier alpha value is -1.62. The number of carbonyl (C=O) groups is 1. The minimum atomic E-state index is -0.123. The van der Waals surface area contributed by atoms with Crippen LogP contribution in [0.25, 0.3) is 0 Å². The van der Waals surface area contributed by atoms with E-state index in [-0.39, 0.29) is 17.9 Å². The number of nitrogens with one attached hydrogen (secondary N) is 2. The maximum absolute atomic E-state index is 11.7. The largest absolute Gasteiger partial charge is 0.324 e. The lowest BCUT2D eigenvalue weighted by Gasteiger charge is -2.09. The van der Waals surface area contributed by atoms with Crippen molar-refractivity contribution in [3.63, 3.8) is 0 Å². The average Bonchev–Trinajstić information content (AvgIpc) is 2.77. The second-order valence-corrected chi connectivity index (χ2v) is 3.81. The zero-order valence-electron chi connectivity index (χ0n) is 8.53. The molecule has 5 nitrogen and oxygen atoms in total. The van der Waals surface area contributed by atoms with Crippen LogP contribution in [0.1, 0.15) is 12.0 Å². The molecule has 0 saturated heterocycles. The molecule has 0 spiro atoms. The van der Waals surface area contributed by atoms with Crippen LogP contribution in [0.3, 0.4) is 0 Å². The summed E-state index contributed by atoms with van der Waals surface area (Å²) in [7, 11) is 0. The second kappa shape index (κ2) is 3.86. The van der Waals surface area contributed by atoms with Gasteiger partial charge in [0.25, 0.3) is 0 Å². The number of nitrogens with zero attached hydrogens (tertiary/aromatic N) is 1. The first-order chi connectivity index (χ1) is 7.16. The fourth-order valence-electron chi connectivity index (χ4n) is 1.61. The van der Waals surface area contributed by atoms with Crippen molar-refractivity contribution < 1.29 is 4.79 Å². The van der Waals surface area contributed by atoms with Crippen molar-refractivity contribution in [3.05, 3.63) is 23.9 Å². The van der Waals surface area contributed by atoms with Crippen LogP contribution in [0.15, 0.2) is 18.3 Å². The van der Waals surface area contributed by atoms with Gasteiger partial charge in [0.15, 0.2) is 0 Å². The van der Waals surface area contributed by atoms with Gasteiger partial charge in [0, 0.05) is 11.6 Å². The summed E-state index contributed by atoms with van der Waals surface area (Å²) >= 11 is 0. The lowest BCUT2D eigenvalue weighted by Crippen LogP contribution is -2.24. The molecule has 1 heterocycles. The van der Waals surface area contributed by atoms with Gasteiger partial charge in [0.05, 0.1) is 12.1 Å². The number of rotatable bonds is 2. The Bertz CT molecular complexity index is 396. The molecule has 1 aliphatic rings. The van der Waals surface area contributed by atoms with Gasteiger partial charge >= 0.3 is 0 Å². The van der Waals surface area contributed by atoms with Crippen molar-refractivity contribution >= 4 is 11.7 Å². The van der Waals surface area contributed by atoms with Crippen molar-refractivity contribution in [2.24, 2.45) is 11.7 Å². The highest BCUT2D eigenvalue weighted by atomic mass is 16.1. The highest BCUT2D eigenvalue weighted by Crippen LogP contribution is 2.19. The molecule has 0 radical (unpaired) electrons. The number of carbonyl (C=O) groups excluding carboxylic acids is 1. The first kappa shape index (κ1) is 9.92. The van der Waals surface area contributed by atoms with Gasteiger partial charge in [-0.15, -0.1) is 0 Å². The molecule has 15 heavy (non-hydrogen) atoms. The van der Waals surface area contributed by atoms with Crippen LogP contribution < -0.4 is 11.1 Å². The summed E-state index contributed by atoms with van der Waals surface area (Å²) in [5.41, 5.74) is 6.60. The van der Waals surface area contributed by atoms with Gasteiger partial charge in [-0.3, -0.25) is 9.89 Å². The molecule has 1 aromatic heterocycles. The van der Waals surface area contributed by atoms with Crippen LogP contribution in [0.5, 0.6) is 0 Å². The number of anilines is 1. The quantitative estimate of drug-likeness (QED) is 0.618. The Labute approximate surface area is 87.7 Å². The van der Waals surface area contributed by atoms with Crippen molar-refractivity contribution in [2.75, 3.05) is 5.32 Å². The van der Waals surface area contributed by atoms with Crippen molar-refractivity contribution in [3.8, 4) is 0 Å². The Morgan fingerprint density at radius 2 is 2.47 bits per heavy atom. The van der Waals surface area contributed by atoms with Gasteiger partial charge in [-0.25, -0.2) is 0 Å². The minimum Gasteiger partial charge on any atom is -0.324 e. The Morgan fingerprint density at radius 3 is 3.00 bits per heavy atom. The lowest BCUT2D eigenvalue weighted by molar-refractivity contribution is -0.118. The number of H-pyrrole nitrogens is 1. The molecule has 5 heteroatoms. The maximum Gasteiger partial charge on any atom is 0.232 e. The zero-order valence-corrected chi connectivity index (χ0v) is 8.53. The summed E-state index contributed by atoms with van der Waals surface area (Å²) in [6, 6.07) is 0.00335. The molecule has 0 saturated carbocycles. The first-order valence-electron chi connectivity index (χ1n) is 4.91. The topological polar surface area (TPSA) is 83.8 Å². The van der Waals surface area contributed by atoms with E-state index in [0.717, 1.165) is 5.56 Å². The molecule has 2 rings (SSSR count). The number of hydrogen-bond acceptors (Lipinski definition) is 3. The molecule has 80 valence electrons. The zero-order chi connectivity index (χ0) is 10.8. The predicted octanol–water partition coefficient (Wildman–Crippen LogP) is 0.560. The average molecular weight is 206 g/mol. The third-order valence-corrected chi connectivity index (χ3v) is 2.53. The molecule has 0 aliphatic heterocycles. The van der Waals surface area contributed by atoms with E-state index in [4.69, 9.17) is 5.73 Å². The standard InChI is InChI=1S/C10H14N4O/c1-6-5-12-14-9(6)13-10(15)7-2-3-8(11)4-7/h2-3,5,7-8H,4,11H2,1H3,(H2,12,13,14,15). The van der Waals surface area contributed by atoms with E-state index < -0.39 is 0 Å². The van der Waals surface area contributed by atoms with Crippen LogP contribution in [-0.4, -0.2) is 22.1 Å². The van der Waals surface area contributed by atoms with E-state index in [2.05, 4.69) is 15.5 Å². The van der Waals surface area contributed by atoms with E-state index in [0.29, 0.717) is 12.2 Å². The fourth-order valence-corrected chi connectivity index (χ4v) is 1.61. The van der Waals surface area contributed by atoms with Crippen LogP contribution >= 0.6 is 0 Å². The molecule has 0 aromatic carbocycles. The first-order valence-corrected chi connectivity index (χ1v) is 4.91. The Morgan fingerprint density at radius 1 is 1.67 bits per heavy atom. The Kier molecular flexibility index (Phi) is 2.55. The number of aryl methyl sites for hydroxylation is 1. The fraction of sp³-hybridized carbons (Fsp3) is 0.400. The van der Waals surface area contributed by atoms with E-state index >= 15 is 0 Å². The molecule has 2 unspecified atom stereocenters. The second-order valence-electron chi connectivity index (χ2n) is 3.81. The van der Waals surface area contributed by atoms with Gasteiger partial charge in [-0.1, -0.05) is 12.2 Å². The van der Waals surface area contributed by atoms with Crippen LogP contribution in [0, 0.1) is 12.8 Å². The van der Waals surface area contributed by atoms with Crippen molar-refractivity contribution in [1.82, 2.24) is 10.2 Å². The normalized spacial score (nSPS) is 24.4. The number of hydrogen-bond donors (Lipinski definition) is 3. The SMILES string of the molecule is Cc1cn[nH]c1NC(=O)C1C=CC(N)C1. The molecule has 0 bridgehead atoms. The number of amides is 1. The van der Waals surface area contributed by atoms with Gasteiger partial charge in [0.1, 0.15) is 5.82 Å². The van der Waals surface area contributed by atoms with Crippen LogP contribution in [0.2, 0.25) is 0 Å². The molecule has 1 aromatic rings. The van der Waals surface area contributed by atoms with Gasteiger partial charge in [-0.2, -0.15) is 5.10 Å². The Balaban J connectivity index is 1.99. The smallest absolute Gasteiger partial charge is 0.232 e. The lowest BCUT2D eigenvalue weighted by atomic mass is 10.1. The molecular weight excluding hydrogens is 192 g/mol. The van der Waals surface area contributed by atoms with Crippen LogP contribution in [-0.2, 0) is 4.79 Å². The summed E-state index contributed by atoms with van der Waals surface area (Å²) in [6.07, 6.45) is 6.07. The number of aromatic amines is 1. The summed E-state index contributed by atoms with van der Waals surface area (Å²) in [5.74, 6) is 0.503. The molecule has 1 aliphatic carbocycles. The van der Waals surface area contributed by atoms with E-state index in [1.54, 1.807) is 6.20 Å². The molecule has 2 atom stereocenters. The predicted molar refractivity (Wildman–Crippen MR) is 57.2 cm³/mol. The van der Waals surface area contributed by atoms with Crippen molar-refractivity contribution in [2.45, 2.75) is 19.4 Å². The molecule has 4 N–H and O–H groups in total. The molecule has 1 amide bonds. The highest BCUT2D eigenvalue weighted by Gasteiger charge is 2.23. The molecular formula is C10H14N4O. The van der Waals surface area contributed by atoms with E-state index in [1.165, 1.54) is 0 Å². The van der Waals surface area contributed by atoms with Gasteiger partial charge in [-0.05, 0) is 13.3 Å². The summed E-state index contributed by atoms with van der Waals surface area (Å²) in [6.45, 7) is 1.88. The summed E-state index contributed by atoms with van der Waals surface area (Å²) in [5, 5.41) is 9.36. The van der Waals surface area contributed by atoms with Gasteiger partial charge in [0.2, 0.25) is 5.91 Å². The molecule has 0 fully saturated rings. The van der Waals surface area contributed by atoms with Crippen molar-refractivity contribution in [1.29, 1.82) is 0 Å². The van der Waals surface area contributed by atoms with Crippen LogP contribution in [0.4, 0.5) is 5.82 Å². The number of aromatic nitrogens is 2. The number of nitrogens with two attached hydrogens (primary N) is 1. The third kappa shape index (κ3) is 2.07. The highest BCUT2D eigenvalue weighted by molar-refractivity contribution is 5.93. The summed E-state index contributed by atoms with van der Waals surface area (Å²) < 4.78 is 0. The maximum atomic E-state index is 11.7. The monoisotopic (exact) mass is 206 g/mol. The summed E-state index contributed by atoms with van der Waals surface area (Å²) in [4.78, 5) is 11.7. The van der Waals surface area contributed by atoms with Gasteiger partial charge < -0.3 is 11.1 Å². The minimum absolute atomic E-state index is 0.00335. The third-order valence-electron chi connectivity index (χ3n) is 2.53.